The van der Waals surface area contributed by atoms with Crippen molar-refractivity contribution in [1.29, 1.82) is 0 Å². The molecular weight excluding hydrogens is 138 g/mol. The molecule has 0 unspecified atom stereocenters. The number of allylic oxidation sites excluding steroid dienone is 1. The van der Waals surface area contributed by atoms with Crippen molar-refractivity contribution in [3.63, 3.8) is 0 Å². The highest BCUT2D eigenvalue weighted by Crippen LogP contribution is 2.00. The first-order chi connectivity index (χ1) is 5.07. The van der Waals surface area contributed by atoms with E-state index in [1.54, 1.807) is 0 Å². The van der Waals surface area contributed by atoms with E-state index in [2.05, 4.69) is 18.2 Å². The van der Waals surface area contributed by atoms with E-state index in [9.17, 15) is 0 Å². The van der Waals surface area contributed by atoms with E-state index in [-0.39, 0.29) is 0 Å². The van der Waals surface area contributed by atoms with Crippen molar-refractivity contribution in [1.82, 2.24) is 0 Å². The molecule has 0 aliphatic carbocycles. The predicted octanol–water partition coefficient (Wildman–Crippen LogP) is 2.53. The van der Waals surface area contributed by atoms with Crippen molar-refractivity contribution in [2.75, 3.05) is 6.61 Å². The summed E-state index contributed by atoms with van der Waals surface area (Å²) in [5.74, 6) is 0.583. The van der Waals surface area contributed by atoms with Crippen LogP contribution in [0.1, 0.15) is 20.8 Å². The normalized spacial score (nSPS) is 11.0. The maximum absolute atomic E-state index is 5.20. The van der Waals surface area contributed by atoms with Gasteiger partial charge in [0.15, 0.2) is 0 Å². The molecule has 0 aliphatic heterocycles. The Morgan fingerprint density at radius 3 is 2.18 bits per heavy atom. The van der Waals surface area contributed by atoms with E-state index < -0.39 is 0 Å². The molecule has 0 spiro atoms. The molecule has 0 atom stereocenters. The van der Waals surface area contributed by atoms with Crippen LogP contribution in [0.15, 0.2) is 29.4 Å². The van der Waals surface area contributed by atoms with Crippen LogP contribution in [0.5, 0.6) is 0 Å². The highest BCUT2D eigenvalue weighted by molar-refractivity contribution is 5.92. The number of hydrogen-bond donors (Lipinski definition) is 0. The van der Waals surface area contributed by atoms with Gasteiger partial charge >= 0.3 is 0 Å². The fourth-order valence-electron chi connectivity index (χ4n) is 0.561. The molecule has 0 aromatic carbocycles. The molecule has 0 N–H and O–H groups in total. The van der Waals surface area contributed by atoms with Crippen molar-refractivity contribution < 1.29 is 4.74 Å². The number of rotatable bonds is 3. The van der Waals surface area contributed by atoms with Gasteiger partial charge in [0.25, 0.3) is 0 Å². The van der Waals surface area contributed by atoms with E-state index in [1.165, 1.54) is 0 Å². The first-order valence-corrected chi connectivity index (χ1v) is 3.60. The lowest BCUT2D eigenvalue weighted by Crippen LogP contribution is -2.05. The molecule has 0 fully saturated rings. The summed E-state index contributed by atoms with van der Waals surface area (Å²) >= 11 is 0. The Balaban J connectivity index is 4.32. The van der Waals surface area contributed by atoms with Crippen LogP contribution in [0, 0.1) is 0 Å². The second kappa shape index (κ2) is 4.72. The molecule has 0 bridgehead atoms. The zero-order valence-corrected chi connectivity index (χ0v) is 7.48. The third-order valence-electron chi connectivity index (χ3n) is 0.939. The third kappa shape index (κ3) is 4.37. The molecule has 62 valence electrons. The molecule has 2 nitrogen and oxygen atoms in total. The minimum absolute atomic E-state index is 0.583. The van der Waals surface area contributed by atoms with Gasteiger partial charge in [0.2, 0.25) is 5.90 Å². The smallest absolute Gasteiger partial charge is 0.215 e. The molecule has 0 aliphatic rings. The van der Waals surface area contributed by atoms with E-state index in [1.807, 2.05) is 20.8 Å². The second-order valence-electron chi connectivity index (χ2n) is 2.37. The van der Waals surface area contributed by atoms with Crippen LogP contribution < -0.4 is 0 Å². The Hall–Kier alpha value is -1.05. The summed E-state index contributed by atoms with van der Waals surface area (Å²) in [5, 5.41) is 0. The predicted molar refractivity (Wildman–Crippen MR) is 48.7 cm³/mol. The minimum atomic E-state index is 0.583. The lowest BCUT2D eigenvalue weighted by Gasteiger charge is -2.05. The summed E-state index contributed by atoms with van der Waals surface area (Å²) in [6, 6.07) is 0. The zero-order valence-electron chi connectivity index (χ0n) is 7.48. The molecule has 0 saturated heterocycles. The molecular formula is C9H15NO. The largest absolute Gasteiger partial charge is 0.478 e. The first kappa shape index (κ1) is 9.95. The van der Waals surface area contributed by atoms with Gasteiger partial charge in [-0.3, -0.25) is 0 Å². The Kier molecular flexibility index (Phi) is 4.27. The summed E-state index contributed by atoms with van der Waals surface area (Å²) in [6.45, 7) is 13.6. The van der Waals surface area contributed by atoms with Crippen molar-refractivity contribution >= 4 is 5.90 Å². The van der Waals surface area contributed by atoms with Gasteiger partial charge in [-0.15, -0.1) is 0 Å². The molecule has 0 aromatic heterocycles. The van der Waals surface area contributed by atoms with E-state index in [0.717, 1.165) is 11.3 Å². The van der Waals surface area contributed by atoms with Crippen LogP contribution in [0.25, 0.3) is 0 Å². The summed E-state index contributed by atoms with van der Waals surface area (Å²) in [4.78, 5) is 4.07. The first-order valence-electron chi connectivity index (χ1n) is 3.60. The van der Waals surface area contributed by atoms with Crippen molar-refractivity contribution in [2.45, 2.75) is 20.8 Å². The Labute approximate surface area is 68.3 Å². The highest BCUT2D eigenvalue weighted by atomic mass is 16.5. The van der Waals surface area contributed by atoms with Gasteiger partial charge in [0.1, 0.15) is 0 Å². The molecule has 0 saturated carbocycles. The molecule has 11 heavy (non-hydrogen) atoms. The van der Waals surface area contributed by atoms with Crippen LogP contribution in [0.3, 0.4) is 0 Å². The fourth-order valence-corrected chi connectivity index (χ4v) is 0.561. The van der Waals surface area contributed by atoms with Gasteiger partial charge in [-0.25, -0.2) is 4.99 Å². The topological polar surface area (TPSA) is 21.6 Å². The second-order valence-corrected chi connectivity index (χ2v) is 2.37. The quantitative estimate of drug-likeness (QED) is 0.451. The maximum Gasteiger partial charge on any atom is 0.215 e. The summed E-state index contributed by atoms with van der Waals surface area (Å²) in [5.41, 5.74) is 1.56. The number of hydrogen-bond acceptors (Lipinski definition) is 2. The molecule has 0 aromatic rings. The molecule has 0 rings (SSSR count). The summed E-state index contributed by atoms with van der Waals surface area (Å²) < 4.78 is 5.20. The van der Waals surface area contributed by atoms with E-state index in [0.29, 0.717) is 12.5 Å². The van der Waals surface area contributed by atoms with Crippen molar-refractivity contribution in [2.24, 2.45) is 4.99 Å². The summed E-state index contributed by atoms with van der Waals surface area (Å²) in [7, 11) is 0. The van der Waals surface area contributed by atoms with Gasteiger partial charge < -0.3 is 4.74 Å². The number of nitrogens with zero attached hydrogens (tertiary/aromatic N) is 1. The number of ether oxygens (including phenoxy) is 1. The standard InChI is InChI=1S/C9H15NO/c1-6-11-9(7(2)3)10-8(4)5/h2,4,6H2,1,3,5H3. The van der Waals surface area contributed by atoms with Crippen LogP contribution in [-0.4, -0.2) is 12.5 Å². The average molecular weight is 153 g/mol. The van der Waals surface area contributed by atoms with Gasteiger partial charge in [-0.05, 0) is 20.8 Å². The molecule has 0 heterocycles. The van der Waals surface area contributed by atoms with E-state index in [4.69, 9.17) is 4.74 Å². The minimum Gasteiger partial charge on any atom is -0.478 e. The van der Waals surface area contributed by atoms with Gasteiger partial charge in [0.05, 0.1) is 6.61 Å². The monoisotopic (exact) mass is 153 g/mol. The number of aliphatic imine (C=N–C) groups is 1. The van der Waals surface area contributed by atoms with Gasteiger partial charge in [-0.1, -0.05) is 13.2 Å². The maximum atomic E-state index is 5.20. The van der Waals surface area contributed by atoms with E-state index >= 15 is 0 Å². The van der Waals surface area contributed by atoms with Crippen LogP contribution in [0.4, 0.5) is 0 Å². The Morgan fingerprint density at radius 1 is 1.36 bits per heavy atom. The molecule has 0 amide bonds. The van der Waals surface area contributed by atoms with Gasteiger partial charge in [-0.2, -0.15) is 0 Å². The van der Waals surface area contributed by atoms with Crippen LogP contribution in [0.2, 0.25) is 0 Å². The molecule has 0 radical (unpaired) electrons. The van der Waals surface area contributed by atoms with Crippen LogP contribution in [-0.2, 0) is 4.74 Å². The summed E-state index contributed by atoms with van der Waals surface area (Å²) in [6.07, 6.45) is 0. The van der Waals surface area contributed by atoms with Crippen molar-refractivity contribution in [3.05, 3.63) is 24.4 Å². The Bertz CT molecular complexity index is 192. The van der Waals surface area contributed by atoms with Crippen LogP contribution >= 0.6 is 0 Å². The lowest BCUT2D eigenvalue weighted by molar-refractivity contribution is 0.327. The SMILES string of the molecule is C=C(C)N=C(OCC)C(=C)C. The van der Waals surface area contributed by atoms with Crippen molar-refractivity contribution in [3.8, 4) is 0 Å². The average Bonchev–Trinajstić information content (AvgIpc) is 1.86. The fraction of sp³-hybridized carbons (Fsp3) is 0.444. The Morgan fingerprint density at radius 2 is 1.91 bits per heavy atom. The third-order valence-corrected chi connectivity index (χ3v) is 0.939. The highest BCUT2D eigenvalue weighted by Gasteiger charge is 1.98. The lowest BCUT2D eigenvalue weighted by atomic mass is 10.3. The molecule has 2 heteroatoms. The van der Waals surface area contributed by atoms with Gasteiger partial charge in [0, 0.05) is 11.3 Å². The zero-order chi connectivity index (χ0) is 8.85.